The monoisotopic (exact) mass is 486 g/mol. The fourth-order valence-electron chi connectivity index (χ4n) is 3.01. The van der Waals surface area contributed by atoms with Crippen molar-refractivity contribution in [2.45, 2.75) is 23.9 Å². The number of benzene rings is 2. The van der Waals surface area contributed by atoms with Gasteiger partial charge in [-0.1, -0.05) is 35.4 Å². The van der Waals surface area contributed by atoms with Crippen LogP contribution in [0, 0.1) is 13.8 Å². The Morgan fingerprint density at radius 3 is 1.38 bits per heavy atom. The van der Waals surface area contributed by atoms with Crippen LogP contribution in [0.15, 0.2) is 95.2 Å². The van der Waals surface area contributed by atoms with Crippen molar-refractivity contribution < 1.29 is 9.59 Å². The summed E-state index contributed by atoms with van der Waals surface area (Å²) in [4.78, 5) is 34.5. The molecule has 8 heteroatoms. The Morgan fingerprint density at radius 1 is 0.618 bits per heavy atom. The van der Waals surface area contributed by atoms with E-state index in [1.54, 1.807) is 36.7 Å². The summed E-state index contributed by atoms with van der Waals surface area (Å²) in [7, 11) is 2.57. The number of aromatic nitrogens is 2. The summed E-state index contributed by atoms with van der Waals surface area (Å²) < 4.78 is 0. The number of nitrogens with one attached hydrogen (secondary N) is 2. The summed E-state index contributed by atoms with van der Waals surface area (Å²) in [5.41, 5.74) is 4.55. The van der Waals surface area contributed by atoms with Crippen molar-refractivity contribution in [2.24, 2.45) is 0 Å². The van der Waals surface area contributed by atoms with Crippen molar-refractivity contribution in [3.63, 3.8) is 0 Å². The van der Waals surface area contributed by atoms with E-state index in [1.807, 2.05) is 62.4 Å². The number of rotatable bonds is 7. The van der Waals surface area contributed by atoms with Gasteiger partial charge in [-0.15, -0.1) is 0 Å². The van der Waals surface area contributed by atoms with Crippen LogP contribution in [0.1, 0.15) is 31.8 Å². The van der Waals surface area contributed by atoms with E-state index >= 15 is 0 Å². The van der Waals surface area contributed by atoms with E-state index in [4.69, 9.17) is 0 Å². The first-order valence-corrected chi connectivity index (χ1v) is 12.7. The minimum atomic E-state index is -0.251. The van der Waals surface area contributed by atoms with E-state index < -0.39 is 0 Å². The molecular formula is C26H22N4O2S2. The largest absolute Gasteiger partial charge is 0.322 e. The van der Waals surface area contributed by atoms with Gasteiger partial charge in [0.25, 0.3) is 11.8 Å². The van der Waals surface area contributed by atoms with Crippen molar-refractivity contribution in [2.75, 3.05) is 10.6 Å². The van der Waals surface area contributed by atoms with Crippen LogP contribution in [0.25, 0.3) is 0 Å². The van der Waals surface area contributed by atoms with E-state index in [9.17, 15) is 9.59 Å². The number of hydrogen-bond donors (Lipinski definition) is 2. The Kier molecular flexibility index (Phi) is 7.61. The quantitative estimate of drug-likeness (QED) is 0.294. The highest BCUT2D eigenvalue weighted by Crippen LogP contribution is 2.38. The molecule has 2 amide bonds. The first kappa shape index (κ1) is 23.5. The second-order valence-corrected chi connectivity index (χ2v) is 9.63. The lowest BCUT2D eigenvalue weighted by atomic mass is 10.2. The smallest absolute Gasteiger partial charge is 0.258 e. The molecule has 34 heavy (non-hydrogen) atoms. The third-order valence-electron chi connectivity index (χ3n) is 4.85. The van der Waals surface area contributed by atoms with Crippen LogP contribution in [0.3, 0.4) is 0 Å². The SMILES string of the molecule is Cc1ccc(NC(=O)c2cccnc2SSc2ncccc2C(=O)Nc2ccc(C)cc2)cc1. The third-order valence-corrected chi connectivity index (χ3v) is 7.10. The van der Waals surface area contributed by atoms with E-state index in [0.29, 0.717) is 32.6 Å². The molecule has 0 spiro atoms. The number of amides is 2. The molecule has 2 N–H and O–H groups in total. The Balaban J connectivity index is 1.48. The zero-order valence-corrected chi connectivity index (χ0v) is 20.2. The zero-order valence-electron chi connectivity index (χ0n) is 18.6. The number of carbonyl (C=O) groups excluding carboxylic acids is 2. The molecule has 2 heterocycles. The Labute approximate surface area is 206 Å². The van der Waals surface area contributed by atoms with Gasteiger partial charge in [0.05, 0.1) is 11.1 Å². The van der Waals surface area contributed by atoms with E-state index in [1.165, 1.54) is 21.6 Å². The zero-order chi connectivity index (χ0) is 23.9. The summed E-state index contributed by atoms with van der Waals surface area (Å²) in [6.45, 7) is 3.98. The maximum absolute atomic E-state index is 12.9. The van der Waals surface area contributed by atoms with Gasteiger partial charge in [-0.05, 0) is 84.0 Å². The number of nitrogens with zero attached hydrogens (tertiary/aromatic N) is 2. The average Bonchev–Trinajstić information content (AvgIpc) is 2.86. The molecule has 4 rings (SSSR count). The van der Waals surface area contributed by atoms with Crippen LogP contribution in [-0.2, 0) is 0 Å². The third kappa shape index (κ3) is 6.03. The summed E-state index contributed by atoms with van der Waals surface area (Å²) in [6.07, 6.45) is 3.27. The second kappa shape index (κ2) is 11.0. The van der Waals surface area contributed by atoms with Crippen molar-refractivity contribution in [3.05, 3.63) is 107 Å². The van der Waals surface area contributed by atoms with Crippen molar-refractivity contribution in [1.29, 1.82) is 0 Å². The fraction of sp³-hybridized carbons (Fsp3) is 0.0769. The standard InChI is InChI=1S/C26H22N4O2S2/c1-17-7-11-19(12-8-17)29-23(31)21-5-3-15-27-25(21)33-34-26-22(6-4-16-28-26)24(32)30-20-13-9-18(2)10-14-20/h3-16H,1-2H3,(H,29,31)(H,30,32). The highest BCUT2D eigenvalue weighted by molar-refractivity contribution is 8.76. The van der Waals surface area contributed by atoms with Crippen molar-refractivity contribution >= 4 is 44.8 Å². The first-order valence-electron chi connectivity index (χ1n) is 10.5. The predicted molar refractivity (Wildman–Crippen MR) is 138 cm³/mol. The fourth-order valence-corrected chi connectivity index (χ4v) is 5.15. The van der Waals surface area contributed by atoms with E-state index in [-0.39, 0.29) is 11.8 Å². The van der Waals surface area contributed by atoms with Crippen molar-refractivity contribution in [3.8, 4) is 0 Å². The maximum atomic E-state index is 12.9. The van der Waals surface area contributed by atoms with E-state index in [0.717, 1.165) is 11.1 Å². The molecule has 0 saturated carbocycles. The number of aryl methyl sites for hydroxylation is 2. The highest BCUT2D eigenvalue weighted by Gasteiger charge is 2.17. The molecule has 4 aromatic rings. The Hall–Kier alpha value is -3.62. The van der Waals surface area contributed by atoms with Crippen LogP contribution in [-0.4, -0.2) is 21.8 Å². The Bertz CT molecular complexity index is 1210. The normalized spacial score (nSPS) is 10.5. The molecule has 170 valence electrons. The predicted octanol–water partition coefficient (Wildman–Crippen LogP) is 6.40. The summed E-state index contributed by atoms with van der Waals surface area (Å²) in [5, 5.41) is 6.88. The van der Waals surface area contributed by atoms with Gasteiger partial charge in [0.1, 0.15) is 10.1 Å². The summed E-state index contributed by atoms with van der Waals surface area (Å²) in [6, 6.07) is 22.1. The second-order valence-electron chi connectivity index (χ2n) is 7.52. The molecule has 0 saturated heterocycles. The molecule has 0 aliphatic rings. The molecule has 0 fully saturated rings. The topological polar surface area (TPSA) is 84.0 Å². The van der Waals surface area contributed by atoms with Crippen LogP contribution in [0.2, 0.25) is 0 Å². The van der Waals surface area contributed by atoms with Crippen molar-refractivity contribution in [1.82, 2.24) is 9.97 Å². The lowest BCUT2D eigenvalue weighted by molar-refractivity contribution is 0.101. The van der Waals surface area contributed by atoms with Crippen LogP contribution >= 0.6 is 21.6 Å². The number of pyridine rings is 2. The van der Waals surface area contributed by atoms with Gasteiger partial charge in [-0.2, -0.15) is 0 Å². The molecule has 0 bridgehead atoms. The number of anilines is 2. The molecule has 2 aromatic heterocycles. The van der Waals surface area contributed by atoms with Gasteiger partial charge in [0, 0.05) is 23.8 Å². The lowest BCUT2D eigenvalue weighted by Crippen LogP contribution is -2.14. The highest BCUT2D eigenvalue weighted by atomic mass is 33.1. The van der Waals surface area contributed by atoms with Crippen LogP contribution in [0.5, 0.6) is 0 Å². The van der Waals surface area contributed by atoms with E-state index in [2.05, 4.69) is 20.6 Å². The molecule has 2 aromatic carbocycles. The minimum Gasteiger partial charge on any atom is -0.322 e. The number of hydrogen-bond acceptors (Lipinski definition) is 6. The molecule has 6 nitrogen and oxygen atoms in total. The van der Waals surface area contributed by atoms with Gasteiger partial charge in [-0.25, -0.2) is 9.97 Å². The summed E-state index contributed by atoms with van der Waals surface area (Å²) >= 11 is 0. The van der Waals surface area contributed by atoms with Crippen LogP contribution in [0.4, 0.5) is 11.4 Å². The molecular weight excluding hydrogens is 464 g/mol. The number of carbonyl (C=O) groups is 2. The molecule has 0 atom stereocenters. The Morgan fingerprint density at radius 2 is 1.00 bits per heavy atom. The van der Waals surface area contributed by atoms with Gasteiger partial charge in [-0.3, -0.25) is 9.59 Å². The lowest BCUT2D eigenvalue weighted by Gasteiger charge is -2.11. The molecule has 0 aliphatic heterocycles. The van der Waals surface area contributed by atoms with Gasteiger partial charge in [0.15, 0.2) is 0 Å². The maximum Gasteiger partial charge on any atom is 0.258 e. The van der Waals surface area contributed by atoms with Crippen LogP contribution < -0.4 is 10.6 Å². The van der Waals surface area contributed by atoms with Gasteiger partial charge < -0.3 is 10.6 Å². The summed E-state index contributed by atoms with van der Waals surface area (Å²) in [5.74, 6) is -0.503. The molecule has 0 unspecified atom stereocenters. The molecule has 0 aliphatic carbocycles. The van der Waals surface area contributed by atoms with Gasteiger partial charge in [0.2, 0.25) is 0 Å². The van der Waals surface area contributed by atoms with Gasteiger partial charge >= 0.3 is 0 Å². The minimum absolute atomic E-state index is 0.251. The average molecular weight is 487 g/mol. The first-order chi connectivity index (χ1) is 16.5. The molecule has 0 radical (unpaired) electrons.